The predicted molar refractivity (Wildman–Crippen MR) is 93.0 cm³/mol. The highest BCUT2D eigenvalue weighted by Crippen LogP contribution is 2.17. The number of nitrogens with zero attached hydrogens (tertiary/aromatic N) is 1. The molecule has 0 bridgehead atoms. The van der Waals surface area contributed by atoms with Crippen LogP contribution >= 0.6 is 0 Å². The molecule has 0 aromatic heterocycles. The van der Waals surface area contributed by atoms with E-state index in [0.29, 0.717) is 0 Å². The second kappa shape index (κ2) is 9.05. The lowest BCUT2D eigenvalue weighted by atomic mass is 9.95. The molecule has 1 aliphatic carbocycles. The highest BCUT2D eigenvalue weighted by atomic mass is 16.5. The number of ether oxygens (including phenoxy) is 1. The highest BCUT2D eigenvalue weighted by molar-refractivity contribution is 6.35. The number of hydrazone groups is 1. The Morgan fingerprint density at radius 1 is 1.12 bits per heavy atom. The fraction of sp³-hybridized carbons (Fsp3) is 0.500. The quantitative estimate of drug-likeness (QED) is 0.494. The van der Waals surface area contributed by atoms with E-state index in [9.17, 15) is 9.59 Å². The molecule has 0 saturated heterocycles. The van der Waals surface area contributed by atoms with Crippen LogP contribution in [0.2, 0.25) is 0 Å². The van der Waals surface area contributed by atoms with Gasteiger partial charge in [-0.3, -0.25) is 9.59 Å². The molecule has 2 rings (SSSR count). The first-order valence-corrected chi connectivity index (χ1v) is 8.45. The van der Waals surface area contributed by atoms with E-state index < -0.39 is 11.8 Å². The fourth-order valence-electron chi connectivity index (χ4n) is 2.62. The molecule has 1 aliphatic rings. The summed E-state index contributed by atoms with van der Waals surface area (Å²) < 4.78 is 5.55. The van der Waals surface area contributed by atoms with Gasteiger partial charge in [-0.25, -0.2) is 5.43 Å². The van der Waals surface area contributed by atoms with E-state index in [1.807, 2.05) is 38.1 Å². The van der Waals surface area contributed by atoms with Crippen molar-refractivity contribution in [2.45, 2.75) is 58.1 Å². The van der Waals surface area contributed by atoms with Gasteiger partial charge in [0.2, 0.25) is 0 Å². The normalized spacial score (nSPS) is 15.5. The molecule has 1 aromatic carbocycles. The first kappa shape index (κ1) is 18.0. The van der Waals surface area contributed by atoms with Gasteiger partial charge in [-0.05, 0) is 56.5 Å². The lowest BCUT2D eigenvalue weighted by Crippen LogP contribution is -2.44. The van der Waals surface area contributed by atoms with E-state index >= 15 is 0 Å². The van der Waals surface area contributed by atoms with Crippen LogP contribution in [-0.2, 0) is 9.59 Å². The van der Waals surface area contributed by atoms with Crippen molar-refractivity contribution < 1.29 is 14.3 Å². The molecule has 6 heteroatoms. The van der Waals surface area contributed by atoms with Crippen molar-refractivity contribution in [3.8, 4) is 5.75 Å². The summed E-state index contributed by atoms with van der Waals surface area (Å²) in [5.74, 6) is -0.589. The summed E-state index contributed by atoms with van der Waals surface area (Å²) in [6.07, 6.45) is 6.88. The monoisotopic (exact) mass is 331 g/mol. The summed E-state index contributed by atoms with van der Waals surface area (Å²) in [4.78, 5) is 23.5. The molecule has 1 saturated carbocycles. The van der Waals surface area contributed by atoms with Crippen LogP contribution in [0.5, 0.6) is 5.75 Å². The highest BCUT2D eigenvalue weighted by Gasteiger charge is 2.19. The van der Waals surface area contributed by atoms with E-state index in [-0.39, 0.29) is 12.1 Å². The molecular weight excluding hydrogens is 306 g/mol. The number of nitrogens with one attached hydrogen (secondary N) is 2. The summed E-state index contributed by atoms with van der Waals surface area (Å²) >= 11 is 0. The average Bonchev–Trinajstić information content (AvgIpc) is 2.56. The number of carbonyl (C=O) groups is 2. The Kier molecular flexibility index (Phi) is 6.78. The molecule has 0 spiro atoms. The molecule has 0 radical (unpaired) electrons. The number of rotatable bonds is 5. The Hall–Kier alpha value is -2.37. The minimum atomic E-state index is -0.739. The second-order valence-electron chi connectivity index (χ2n) is 6.24. The van der Waals surface area contributed by atoms with E-state index in [1.165, 1.54) is 12.6 Å². The van der Waals surface area contributed by atoms with Crippen LogP contribution in [0.25, 0.3) is 0 Å². The first-order valence-electron chi connectivity index (χ1n) is 8.45. The fourth-order valence-corrected chi connectivity index (χ4v) is 2.62. The Morgan fingerprint density at radius 2 is 1.79 bits per heavy atom. The van der Waals surface area contributed by atoms with E-state index in [1.54, 1.807) is 0 Å². The summed E-state index contributed by atoms with van der Waals surface area (Å²) in [5, 5.41) is 6.57. The van der Waals surface area contributed by atoms with Gasteiger partial charge in [-0.15, -0.1) is 0 Å². The Morgan fingerprint density at radius 3 is 2.42 bits per heavy atom. The van der Waals surface area contributed by atoms with E-state index in [4.69, 9.17) is 4.74 Å². The number of benzene rings is 1. The molecular formula is C18H25N3O3. The molecule has 0 aliphatic heterocycles. The average molecular weight is 331 g/mol. The van der Waals surface area contributed by atoms with Crippen LogP contribution in [0.3, 0.4) is 0 Å². The van der Waals surface area contributed by atoms with Gasteiger partial charge in [0.1, 0.15) is 5.75 Å². The summed E-state index contributed by atoms with van der Waals surface area (Å²) in [6.45, 7) is 3.92. The maximum absolute atomic E-state index is 11.8. The third kappa shape index (κ3) is 6.02. The summed E-state index contributed by atoms with van der Waals surface area (Å²) in [5.41, 5.74) is 3.06. The largest absolute Gasteiger partial charge is 0.491 e. The Balaban J connectivity index is 1.77. The lowest BCUT2D eigenvalue weighted by Gasteiger charge is -2.22. The van der Waals surface area contributed by atoms with Crippen molar-refractivity contribution in [3.05, 3.63) is 29.8 Å². The van der Waals surface area contributed by atoms with Gasteiger partial charge in [0.05, 0.1) is 12.3 Å². The zero-order valence-corrected chi connectivity index (χ0v) is 14.2. The minimum Gasteiger partial charge on any atom is -0.491 e. The van der Waals surface area contributed by atoms with Gasteiger partial charge in [-0.2, -0.15) is 5.10 Å². The van der Waals surface area contributed by atoms with Crippen LogP contribution in [0.4, 0.5) is 0 Å². The van der Waals surface area contributed by atoms with Crippen molar-refractivity contribution in [3.63, 3.8) is 0 Å². The van der Waals surface area contributed by atoms with Crippen LogP contribution in [0, 0.1) is 0 Å². The molecule has 130 valence electrons. The van der Waals surface area contributed by atoms with Gasteiger partial charge in [0.25, 0.3) is 0 Å². The van der Waals surface area contributed by atoms with Gasteiger partial charge >= 0.3 is 11.8 Å². The Bertz CT molecular complexity index is 576. The second-order valence-corrected chi connectivity index (χ2v) is 6.24. The molecule has 24 heavy (non-hydrogen) atoms. The van der Waals surface area contributed by atoms with E-state index in [0.717, 1.165) is 37.0 Å². The number of amides is 2. The molecule has 1 aromatic rings. The molecule has 2 N–H and O–H groups in total. The standard InChI is InChI=1S/C18H25N3O3/c1-13(2)24-16-10-8-14(9-11-16)12-19-21-18(23)17(22)20-15-6-4-3-5-7-15/h8-13,15H,3-7H2,1-2H3,(H,20,22)(H,21,23)/b19-12+. The lowest BCUT2D eigenvalue weighted by molar-refractivity contribution is -0.139. The van der Waals surface area contributed by atoms with E-state index in [2.05, 4.69) is 15.8 Å². The van der Waals surface area contributed by atoms with Crippen molar-refractivity contribution in [2.24, 2.45) is 5.10 Å². The van der Waals surface area contributed by atoms with Crippen molar-refractivity contribution in [1.29, 1.82) is 0 Å². The zero-order valence-electron chi connectivity index (χ0n) is 14.2. The molecule has 1 fully saturated rings. The summed E-state index contributed by atoms with van der Waals surface area (Å²) in [6, 6.07) is 7.43. The third-order valence-corrected chi connectivity index (χ3v) is 3.78. The third-order valence-electron chi connectivity index (χ3n) is 3.78. The van der Waals surface area contributed by atoms with Gasteiger partial charge < -0.3 is 10.1 Å². The van der Waals surface area contributed by atoms with Gasteiger partial charge in [0.15, 0.2) is 0 Å². The van der Waals surface area contributed by atoms with Gasteiger partial charge in [-0.1, -0.05) is 19.3 Å². The van der Waals surface area contributed by atoms with Crippen LogP contribution in [0.15, 0.2) is 29.4 Å². The van der Waals surface area contributed by atoms with Crippen molar-refractivity contribution in [1.82, 2.24) is 10.7 Å². The minimum absolute atomic E-state index is 0.106. The SMILES string of the molecule is CC(C)Oc1ccc(/C=N/NC(=O)C(=O)NC2CCCCC2)cc1. The van der Waals surface area contributed by atoms with Crippen LogP contribution < -0.4 is 15.5 Å². The number of hydrogen-bond acceptors (Lipinski definition) is 4. The first-order chi connectivity index (χ1) is 11.5. The molecule has 0 heterocycles. The Labute approximate surface area is 142 Å². The maximum Gasteiger partial charge on any atom is 0.329 e. The van der Waals surface area contributed by atoms with Crippen molar-refractivity contribution >= 4 is 18.0 Å². The van der Waals surface area contributed by atoms with Crippen molar-refractivity contribution in [2.75, 3.05) is 0 Å². The van der Waals surface area contributed by atoms with Crippen LogP contribution in [-0.4, -0.2) is 30.2 Å². The topological polar surface area (TPSA) is 79.8 Å². The molecule has 0 unspecified atom stereocenters. The molecule has 6 nitrogen and oxygen atoms in total. The smallest absolute Gasteiger partial charge is 0.329 e. The molecule has 2 amide bonds. The predicted octanol–water partition coefficient (Wildman–Crippen LogP) is 2.37. The number of hydrogen-bond donors (Lipinski definition) is 2. The molecule has 0 atom stereocenters. The maximum atomic E-state index is 11.8. The zero-order chi connectivity index (χ0) is 17.4. The number of carbonyl (C=O) groups excluding carboxylic acids is 2. The van der Waals surface area contributed by atoms with Crippen LogP contribution in [0.1, 0.15) is 51.5 Å². The summed E-state index contributed by atoms with van der Waals surface area (Å²) in [7, 11) is 0. The van der Waals surface area contributed by atoms with Gasteiger partial charge in [0, 0.05) is 6.04 Å².